The number of pyridine rings is 1. The number of hydrogen-bond donors (Lipinski definition) is 2. The van der Waals surface area contributed by atoms with Gasteiger partial charge in [-0.1, -0.05) is 35.9 Å². The molecule has 2 amide bonds. The maximum absolute atomic E-state index is 12.5. The summed E-state index contributed by atoms with van der Waals surface area (Å²) < 4.78 is 0. The summed E-state index contributed by atoms with van der Waals surface area (Å²) in [5.41, 5.74) is 3.75. The summed E-state index contributed by atoms with van der Waals surface area (Å²) >= 11 is 6.06. The first-order valence-electron chi connectivity index (χ1n) is 8.35. The fourth-order valence-corrected chi connectivity index (χ4v) is 2.71. The van der Waals surface area contributed by atoms with E-state index in [0.29, 0.717) is 22.0 Å². The van der Waals surface area contributed by atoms with Crippen molar-refractivity contribution in [2.24, 2.45) is 0 Å². The smallest absolute Gasteiger partial charge is 0.274 e. The molecule has 136 valence electrons. The van der Waals surface area contributed by atoms with Crippen LogP contribution in [0.2, 0.25) is 5.02 Å². The summed E-state index contributed by atoms with van der Waals surface area (Å²) in [5, 5.41) is 6.00. The number of anilines is 2. The van der Waals surface area contributed by atoms with Crippen LogP contribution in [0.3, 0.4) is 0 Å². The van der Waals surface area contributed by atoms with Crippen molar-refractivity contribution in [3.05, 3.63) is 88.2 Å². The van der Waals surface area contributed by atoms with Gasteiger partial charge in [-0.15, -0.1) is 0 Å². The van der Waals surface area contributed by atoms with Crippen LogP contribution in [0.25, 0.3) is 0 Å². The van der Waals surface area contributed by atoms with E-state index >= 15 is 0 Å². The Morgan fingerprint density at radius 3 is 2.37 bits per heavy atom. The van der Waals surface area contributed by atoms with Gasteiger partial charge in [0, 0.05) is 17.4 Å². The number of carbonyl (C=O) groups is 2. The number of aromatic nitrogens is 1. The van der Waals surface area contributed by atoms with Crippen molar-refractivity contribution in [3.8, 4) is 0 Å². The monoisotopic (exact) mass is 379 g/mol. The van der Waals surface area contributed by atoms with E-state index in [1.165, 1.54) is 12.3 Å². The highest BCUT2D eigenvalue weighted by Gasteiger charge is 2.14. The first-order chi connectivity index (χ1) is 13.0. The second-order valence-corrected chi connectivity index (χ2v) is 6.47. The Kier molecular flexibility index (Phi) is 5.52. The van der Waals surface area contributed by atoms with E-state index in [1.54, 1.807) is 30.3 Å². The van der Waals surface area contributed by atoms with Crippen LogP contribution in [0, 0.1) is 13.8 Å². The minimum Gasteiger partial charge on any atom is -0.321 e. The molecule has 0 aliphatic heterocycles. The lowest BCUT2D eigenvalue weighted by atomic mass is 10.1. The zero-order valence-electron chi connectivity index (χ0n) is 14.9. The van der Waals surface area contributed by atoms with Crippen LogP contribution in [-0.4, -0.2) is 16.8 Å². The van der Waals surface area contributed by atoms with Gasteiger partial charge in [0.05, 0.1) is 10.7 Å². The van der Waals surface area contributed by atoms with Gasteiger partial charge in [-0.2, -0.15) is 0 Å². The molecule has 0 fully saturated rings. The highest BCUT2D eigenvalue weighted by atomic mass is 35.5. The van der Waals surface area contributed by atoms with E-state index in [0.717, 1.165) is 11.1 Å². The van der Waals surface area contributed by atoms with E-state index in [-0.39, 0.29) is 17.5 Å². The Bertz CT molecular complexity index is 1020. The third-order valence-electron chi connectivity index (χ3n) is 4.23. The lowest BCUT2D eigenvalue weighted by Gasteiger charge is -2.11. The van der Waals surface area contributed by atoms with Crippen LogP contribution >= 0.6 is 11.6 Å². The van der Waals surface area contributed by atoms with Crippen molar-refractivity contribution in [3.63, 3.8) is 0 Å². The average molecular weight is 380 g/mol. The molecule has 3 aromatic rings. The fourth-order valence-electron chi connectivity index (χ4n) is 2.53. The normalized spacial score (nSPS) is 10.3. The molecule has 0 unspecified atom stereocenters. The lowest BCUT2D eigenvalue weighted by molar-refractivity contribution is 0.102. The summed E-state index contributed by atoms with van der Waals surface area (Å²) in [5.74, 6) is -0.748. The number of hydrogen-bond acceptors (Lipinski definition) is 3. The molecule has 3 rings (SSSR count). The van der Waals surface area contributed by atoms with Crippen molar-refractivity contribution in [1.29, 1.82) is 0 Å². The van der Waals surface area contributed by atoms with Gasteiger partial charge in [0.25, 0.3) is 11.8 Å². The van der Waals surface area contributed by atoms with Gasteiger partial charge >= 0.3 is 0 Å². The van der Waals surface area contributed by atoms with Crippen molar-refractivity contribution < 1.29 is 9.59 Å². The maximum atomic E-state index is 12.5. The molecule has 0 aliphatic rings. The van der Waals surface area contributed by atoms with Crippen LogP contribution < -0.4 is 10.6 Å². The maximum Gasteiger partial charge on any atom is 0.274 e. The number of para-hydroxylation sites is 1. The van der Waals surface area contributed by atoms with Gasteiger partial charge in [-0.05, 0) is 55.3 Å². The molecular weight excluding hydrogens is 362 g/mol. The van der Waals surface area contributed by atoms with Crippen molar-refractivity contribution in [2.75, 3.05) is 10.6 Å². The Morgan fingerprint density at radius 2 is 1.59 bits per heavy atom. The zero-order chi connectivity index (χ0) is 19.4. The predicted octanol–water partition coefficient (Wildman–Crippen LogP) is 4.86. The largest absolute Gasteiger partial charge is 0.321 e. The summed E-state index contributed by atoms with van der Waals surface area (Å²) in [7, 11) is 0. The molecule has 1 aromatic heterocycles. The second kappa shape index (κ2) is 8.01. The number of nitrogens with zero attached hydrogens (tertiary/aromatic N) is 1. The first kappa shape index (κ1) is 18.6. The standard InChI is InChI=1S/C21H18ClN3O2/c1-13-6-5-9-17(14(13)2)24-21(27)19-12-15(10-11-23-19)20(26)25-18-8-4-3-7-16(18)22/h3-12H,1-2H3,(H,24,27)(H,25,26). The van der Waals surface area contributed by atoms with Gasteiger partial charge in [0.1, 0.15) is 5.69 Å². The van der Waals surface area contributed by atoms with Gasteiger partial charge in [0.15, 0.2) is 0 Å². The van der Waals surface area contributed by atoms with Gasteiger partial charge in [-0.25, -0.2) is 0 Å². The van der Waals surface area contributed by atoms with E-state index in [1.807, 2.05) is 32.0 Å². The molecule has 2 N–H and O–H groups in total. The Hall–Kier alpha value is -3.18. The van der Waals surface area contributed by atoms with E-state index < -0.39 is 0 Å². The number of nitrogens with one attached hydrogen (secondary N) is 2. The molecule has 0 spiro atoms. The Morgan fingerprint density at radius 1 is 0.889 bits per heavy atom. The summed E-state index contributed by atoms with van der Waals surface area (Å²) in [4.78, 5) is 29.1. The topological polar surface area (TPSA) is 71.1 Å². The average Bonchev–Trinajstić information content (AvgIpc) is 2.67. The molecule has 0 atom stereocenters. The van der Waals surface area contributed by atoms with E-state index in [4.69, 9.17) is 11.6 Å². The molecule has 0 saturated heterocycles. The van der Waals surface area contributed by atoms with Crippen molar-refractivity contribution in [2.45, 2.75) is 13.8 Å². The number of amides is 2. The third-order valence-corrected chi connectivity index (χ3v) is 4.56. The van der Waals surface area contributed by atoms with Crippen LogP contribution in [0.5, 0.6) is 0 Å². The van der Waals surface area contributed by atoms with Crippen LogP contribution in [0.15, 0.2) is 60.8 Å². The van der Waals surface area contributed by atoms with E-state index in [2.05, 4.69) is 15.6 Å². The van der Waals surface area contributed by atoms with Crippen LogP contribution in [-0.2, 0) is 0 Å². The fraction of sp³-hybridized carbons (Fsp3) is 0.0952. The first-order valence-corrected chi connectivity index (χ1v) is 8.73. The molecule has 1 heterocycles. The molecule has 0 aliphatic carbocycles. The van der Waals surface area contributed by atoms with Gasteiger partial charge < -0.3 is 10.6 Å². The van der Waals surface area contributed by atoms with Crippen molar-refractivity contribution >= 4 is 34.8 Å². The predicted molar refractivity (Wildman–Crippen MR) is 108 cm³/mol. The molecule has 0 bridgehead atoms. The highest BCUT2D eigenvalue weighted by Crippen LogP contribution is 2.22. The molecule has 0 radical (unpaired) electrons. The highest BCUT2D eigenvalue weighted by molar-refractivity contribution is 6.33. The number of rotatable bonds is 4. The molecule has 0 saturated carbocycles. The SMILES string of the molecule is Cc1cccc(NC(=O)c2cc(C(=O)Nc3ccccc3Cl)ccn2)c1C. The van der Waals surface area contributed by atoms with Crippen LogP contribution in [0.1, 0.15) is 32.0 Å². The third kappa shape index (κ3) is 4.33. The second-order valence-electron chi connectivity index (χ2n) is 6.07. The molecule has 27 heavy (non-hydrogen) atoms. The number of benzene rings is 2. The quantitative estimate of drug-likeness (QED) is 0.680. The van der Waals surface area contributed by atoms with Gasteiger partial charge in [-0.3, -0.25) is 14.6 Å². The number of aryl methyl sites for hydroxylation is 1. The van der Waals surface area contributed by atoms with E-state index in [9.17, 15) is 9.59 Å². The molecule has 2 aromatic carbocycles. The number of carbonyl (C=O) groups excluding carboxylic acids is 2. The Labute approximate surface area is 162 Å². The summed E-state index contributed by atoms with van der Waals surface area (Å²) in [6.45, 7) is 3.91. The van der Waals surface area contributed by atoms with Crippen molar-refractivity contribution in [1.82, 2.24) is 4.98 Å². The number of halogens is 1. The molecular formula is C21H18ClN3O2. The summed E-state index contributed by atoms with van der Waals surface area (Å²) in [6.07, 6.45) is 1.43. The zero-order valence-corrected chi connectivity index (χ0v) is 15.7. The summed E-state index contributed by atoms with van der Waals surface area (Å²) in [6, 6.07) is 15.6. The molecule has 6 heteroatoms. The molecule has 5 nitrogen and oxygen atoms in total. The lowest BCUT2D eigenvalue weighted by Crippen LogP contribution is -2.17. The minimum absolute atomic E-state index is 0.155. The minimum atomic E-state index is -0.379. The van der Waals surface area contributed by atoms with Crippen LogP contribution in [0.4, 0.5) is 11.4 Å². The Balaban J connectivity index is 1.78. The van der Waals surface area contributed by atoms with Gasteiger partial charge in [0.2, 0.25) is 0 Å².